The zero-order chi connectivity index (χ0) is 26.5. The molecule has 0 unspecified atom stereocenters. The van der Waals surface area contributed by atoms with Crippen LogP contribution in [0.3, 0.4) is 0 Å². The molecule has 0 saturated carbocycles. The monoisotopic (exact) mass is 509 g/mol. The SMILES string of the molecule is Cc1cn(Cc2cccc(Nc3nccc(-c4ccc(O[C@@H]5CCN(C(=O)CO)C5)c(C#N)c4)n3)c2)cn1. The maximum Gasteiger partial charge on any atom is 0.248 e. The van der Waals surface area contributed by atoms with Gasteiger partial charge in [0.1, 0.15) is 24.5 Å². The van der Waals surface area contributed by atoms with Crippen molar-refractivity contribution >= 4 is 17.5 Å². The van der Waals surface area contributed by atoms with Crippen LogP contribution in [0.1, 0.15) is 23.2 Å². The van der Waals surface area contributed by atoms with Crippen LogP contribution in [0, 0.1) is 18.3 Å². The molecule has 2 aromatic heterocycles. The van der Waals surface area contributed by atoms with Gasteiger partial charge in [-0.1, -0.05) is 12.1 Å². The number of hydrogen-bond acceptors (Lipinski definition) is 8. The number of benzene rings is 2. The molecule has 0 spiro atoms. The molecule has 1 fully saturated rings. The van der Waals surface area contributed by atoms with Gasteiger partial charge >= 0.3 is 0 Å². The van der Waals surface area contributed by atoms with Crippen LogP contribution in [0.5, 0.6) is 5.75 Å². The quantitative estimate of drug-likeness (QED) is 0.370. The second kappa shape index (κ2) is 11.1. The van der Waals surface area contributed by atoms with Crippen molar-refractivity contribution in [2.45, 2.75) is 26.0 Å². The molecule has 10 nitrogen and oxygen atoms in total. The average Bonchev–Trinajstić information content (AvgIpc) is 3.57. The summed E-state index contributed by atoms with van der Waals surface area (Å²) in [7, 11) is 0. The molecule has 4 aromatic rings. The van der Waals surface area contributed by atoms with E-state index in [1.54, 1.807) is 29.3 Å². The number of rotatable bonds is 8. The molecule has 2 aromatic carbocycles. The van der Waals surface area contributed by atoms with Crippen molar-refractivity contribution in [1.29, 1.82) is 5.26 Å². The van der Waals surface area contributed by atoms with Crippen LogP contribution in [0.4, 0.5) is 11.6 Å². The summed E-state index contributed by atoms with van der Waals surface area (Å²) in [6, 6.07) is 17.4. The second-order valence-corrected chi connectivity index (χ2v) is 9.13. The molecule has 3 heterocycles. The Morgan fingerprint density at radius 1 is 1.24 bits per heavy atom. The summed E-state index contributed by atoms with van der Waals surface area (Å²) in [5, 5.41) is 22.1. The van der Waals surface area contributed by atoms with Gasteiger partial charge in [-0.25, -0.2) is 15.0 Å². The van der Waals surface area contributed by atoms with Crippen LogP contribution in [0.15, 0.2) is 67.3 Å². The normalized spacial score (nSPS) is 14.8. The minimum absolute atomic E-state index is 0.230. The third kappa shape index (κ3) is 5.79. The summed E-state index contributed by atoms with van der Waals surface area (Å²) in [6.45, 7) is 3.06. The number of likely N-dealkylation sites (tertiary alicyclic amines) is 1. The van der Waals surface area contributed by atoms with E-state index >= 15 is 0 Å². The maximum absolute atomic E-state index is 11.7. The van der Waals surface area contributed by atoms with Gasteiger partial charge in [0.05, 0.1) is 29.8 Å². The lowest BCUT2D eigenvalue weighted by atomic mass is 10.1. The fraction of sp³-hybridized carbons (Fsp3) is 0.250. The molecule has 0 aliphatic carbocycles. The Kier molecular flexibility index (Phi) is 7.28. The predicted molar refractivity (Wildman–Crippen MR) is 141 cm³/mol. The number of aromatic nitrogens is 4. The lowest BCUT2D eigenvalue weighted by Crippen LogP contribution is -2.32. The van der Waals surface area contributed by atoms with Gasteiger partial charge in [-0.2, -0.15) is 5.26 Å². The van der Waals surface area contributed by atoms with E-state index in [0.717, 1.165) is 22.5 Å². The third-order valence-corrected chi connectivity index (χ3v) is 6.29. The highest BCUT2D eigenvalue weighted by Gasteiger charge is 2.27. The summed E-state index contributed by atoms with van der Waals surface area (Å²) < 4.78 is 8.05. The van der Waals surface area contributed by atoms with Gasteiger partial charge in [-0.15, -0.1) is 0 Å². The Hall–Kier alpha value is -4.75. The van der Waals surface area contributed by atoms with Crippen LogP contribution < -0.4 is 10.1 Å². The highest BCUT2D eigenvalue weighted by Crippen LogP contribution is 2.28. The standard InChI is InChI=1S/C28H27N7O3/c1-19-14-34(18-31-19)15-20-3-2-4-23(11-20)32-28-30-9-7-25(33-28)21-5-6-26(22(12-21)13-29)38-24-8-10-35(16-24)27(37)17-36/h2-7,9,11-12,14,18,24,36H,8,10,15-17H2,1H3,(H,30,32,33)/t24-/m1/s1. The van der Waals surface area contributed by atoms with E-state index in [1.807, 2.05) is 48.3 Å². The van der Waals surface area contributed by atoms with Crippen LogP contribution in [-0.4, -0.2) is 61.2 Å². The zero-order valence-electron chi connectivity index (χ0n) is 20.9. The summed E-state index contributed by atoms with van der Waals surface area (Å²) >= 11 is 0. The Labute approximate surface area is 220 Å². The van der Waals surface area contributed by atoms with Gasteiger partial charge < -0.3 is 24.6 Å². The molecule has 192 valence electrons. The number of aliphatic hydroxyl groups excluding tert-OH is 1. The minimum Gasteiger partial charge on any atom is -0.487 e. The molecular weight excluding hydrogens is 482 g/mol. The molecule has 1 amide bonds. The van der Waals surface area contributed by atoms with Crippen molar-refractivity contribution in [3.63, 3.8) is 0 Å². The number of amides is 1. The number of nitrogens with zero attached hydrogens (tertiary/aromatic N) is 6. The Morgan fingerprint density at radius 2 is 2.13 bits per heavy atom. The lowest BCUT2D eigenvalue weighted by molar-refractivity contribution is -0.133. The van der Waals surface area contributed by atoms with Crippen molar-refractivity contribution in [3.05, 3.63) is 84.1 Å². The van der Waals surface area contributed by atoms with Crippen molar-refractivity contribution in [1.82, 2.24) is 24.4 Å². The first kappa shape index (κ1) is 24.9. The second-order valence-electron chi connectivity index (χ2n) is 9.13. The van der Waals surface area contributed by atoms with Crippen molar-refractivity contribution in [3.8, 4) is 23.1 Å². The Balaban J connectivity index is 1.29. The lowest BCUT2D eigenvalue weighted by Gasteiger charge is -2.17. The molecule has 0 radical (unpaired) electrons. The highest BCUT2D eigenvalue weighted by molar-refractivity contribution is 5.77. The highest BCUT2D eigenvalue weighted by atomic mass is 16.5. The van der Waals surface area contributed by atoms with E-state index < -0.39 is 6.61 Å². The van der Waals surface area contributed by atoms with E-state index in [0.29, 0.717) is 49.0 Å². The van der Waals surface area contributed by atoms with Crippen LogP contribution in [0.2, 0.25) is 0 Å². The van der Waals surface area contributed by atoms with Gasteiger partial charge in [0, 0.05) is 43.2 Å². The van der Waals surface area contributed by atoms with Crippen molar-refractivity contribution < 1.29 is 14.6 Å². The first-order chi connectivity index (χ1) is 18.5. The van der Waals surface area contributed by atoms with E-state index in [2.05, 4.69) is 32.4 Å². The number of nitriles is 1. The van der Waals surface area contributed by atoms with Crippen molar-refractivity contribution in [2.75, 3.05) is 25.0 Å². The summed E-state index contributed by atoms with van der Waals surface area (Å²) in [5.74, 6) is 0.577. The molecule has 38 heavy (non-hydrogen) atoms. The molecule has 0 bridgehead atoms. The van der Waals surface area contributed by atoms with Crippen LogP contribution in [-0.2, 0) is 11.3 Å². The summed E-state index contributed by atoms with van der Waals surface area (Å²) in [5.41, 5.74) is 4.75. The van der Waals surface area contributed by atoms with Gasteiger partial charge in [0.15, 0.2) is 0 Å². The van der Waals surface area contributed by atoms with Crippen LogP contribution in [0.25, 0.3) is 11.3 Å². The fourth-order valence-corrected chi connectivity index (χ4v) is 4.44. The summed E-state index contributed by atoms with van der Waals surface area (Å²) in [6.07, 6.45) is 5.90. The molecule has 1 aliphatic heterocycles. The van der Waals surface area contributed by atoms with E-state index in [9.17, 15) is 10.1 Å². The summed E-state index contributed by atoms with van der Waals surface area (Å²) in [4.78, 5) is 26.6. The first-order valence-corrected chi connectivity index (χ1v) is 12.3. The van der Waals surface area contributed by atoms with Gasteiger partial charge in [-0.3, -0.25) is 4.79 Å². The minimum atomic E-state index is -0.517. The van der Waals surface area contributed by atoms with Crippen molar-refractivity contribution in [2.24, 2.45) is 0 Å². The van der Waals surface area contributed by atoms with E-state index in [1.165, 1.54) is 0 Å². The van der Waals surface area contributed by atoms with Gasteiger partial charge in [0.2, 0.25) is 11.9 Å². The predicted octanol–water partition coefficient (Wildman–Crippen LogP) is 3.28. The smallest absolute Gasteiger partial charge is 0.248 e. The number of imidazole rings is 1. The Bertz CT molecular complexity index is 1490. The van der Waals surface area contributed by atoms with E-state index in [4.69, 9.17) is 9.84 Å². The fourth-order valence-electron chi connectivity index (χ4n) is 4.44. The van der Waals surface area contributed by atoms with Crippen LogP contribution >= 0.6 is 0 Å². The largest absolute Gasteiger partial charge is 0.487 e. The molecule has 1 aliphatic rings. The number of ether oxygens (including phenoxy) is 1. The molecule has 10 heteroatoms. The number of aliphatic hydroxyl groups is 1. The number of carbonyl (C=O) groups excluding carboxylic acids is 1. The first-order valence-electron chi connectivity index (χ1n) is 12.3. The molecule has 5 rings (SSSR count). The van der Waals surface area contributed by atoms with Gasteiger partial charge in [0.25, 0.3) is 0 Å². The maximum atomic E-state index is 11.7. The molecular formula is C28H27N7O3. The zero-order valence-corrected chi connectivity index (χ0v) is 20.9. The molecule has 1 saturated heterocycles. The number of carbonyl (C=O) groups is 1. The number of anilines is 2. The topological polar surface area (TPSA) is 129 Å². The average molecular weight is 510 g/mol. The molecule has 2 N–H and O–H groups in total. The number of nitrogens with one attached hydrogen (secondary N) is 1. The van der Waals surface area contributed by atoms with E-state index in [-0.39, 0.29) is 12.0 Å². The van der Waals surface area contributed by atoms with Gasteiger partial charge in [-0.05, 0) is 48.9 Å². The third-order valence-electron chi connectivity index (χ3n) is 6.29. The Morgan fingerprint density at radius 3 is 2.92 bits per heavy atom. The number of aryl methyl sites for hydroxylation is 1. The molecule has 1 atom stereocenters. The number of hydrogen-bond donors (Lipinski definition) is 2.